The summed E-state index contributed by atoms with van der Waals surface area (Å²) < 4.78 is 0. The van der Waals surface area contributed by atoms with Crippen LogP contribution in [0.1, 0.15) is 44.6 Å². The molecule has 3 heteroatoms. The number of benzene rings is 1. The summed E-state index contributed by atoms with van der Waals surface area (Å²) in [5.74, 6) is 2.72. The number of aromatic nitrogens is 1. The number of rotatable bonds is 5. The average molecular weight is 310 g/mol. The van der Waals surface area contributed by atoms with E-state index in [1.54, 1.807) is 0 Å². The number of H-pyrrole nitrogens is 1. The highest BCUT2D eigenvalue weighted by Gasteiger charge is 2.42. The maximum Gasteiger partial charge on any atom is 0.220 e. The van der Waals surface area contributed by atoms with Gasteiger partial charge in [-0.25, -0.2) is 0 Å². The molecule has 2 bridgehead atoms. The van der Waals surface area contributed by atoms with E-state index in [9.17, 15) is 4.79 Å². The van der Waals surface area contributed by atoms with Crippen molar-refractivity contribution in [3.8, 4) is 0 Å². The van der Waals surface area contributed by atoms with E-state index in [4.69, 9.17) is 0 Å². The molecule has 2 aliphatic rings. The zero-order valence-electron chi connectivity index (χ0n) is 13.8. The predicted molar refractivity (Wildman–Crippen MR) is 93.2 cm³/mol. The molecule has 122 valence electrons. The molecule has 1 heterocycles. The first kappa shape index (κ1) is 14.8. The first-order valence-corrected chi connectivity index (χ1v) is 9.05. The first-order chi connectivity index (χ1) is 11.2. The van der Waals surface area contributed by atoms with Crippen LogP contribution in [0.25, 0.3) is 10.9 Å². The van der Waals surface area contributed by atoms with Crippen LogP contribution in [-0.4, -0.2) is 16.9 Å². The summed E-state index contributed by atoms with van der Waals surface area (Å²) >= 11 is 0. The van der Waals surface area contributed by atoms with Gasteiger partial charge in [0.25, 0.3) is 0 Å². The summed E-state index contributed by atoms with van der Waals surface area (Å²) in [6.07, 6.45) is 8.95. The number of para-hydroxylation sites is 1. The third kappa shape index (κ3) is 2.89. The Bertz CT molecular complexity index is 704. The van der Waals surface area contributed by atoms with Gasteiger partial charge < -0.3 is 10.3 Å². The van der Waals surface area contributed by atoms with Gasteiger partial charge in [0.05, 0.1) is 0 Å². The maximum atomic E-state index is 12.3. The van der Waals surface area contributed by atoms with Gasteiger partial charge in [-0.2, -0.15) is 0 Å². The van der Waals surface area contributed by atoms with Crippen LogP contribution in [0.5, 0.6) is 0 Å². The lowest BCUT2D eigenvalue weighted by Gasteiger charge is -2.28. The Morgan fingerprint density at radius 1 is 1.30 bits per heavy atom. The maximum absolute atomic E-state index is 12.3. The van der Waals surface area contributed by atoms with Crippen LogP contribution in [-0.2, 0) is 11.2 Å². The second-order valence-electron chi connectivity index (χ2n) is 7.55. The van der Waals surface area contributed by atoms with Crippen molar-refractivity contribution in [2.45, 2.75) is 51.5 Å². The minimum Gasteiger partial charge on any atom is -0.361 e. The Hall–Kier alpha value is -1.77. The highest BCUT2D eigenvalue weighted by Crippen LogP contribution is 2.49. The molecule has 23 heavy (non-hydrogen) atoms. The van der Waals surface area contributed by atoms with Crippen molar-refractivity contribution in [1.82, 2.24) is 10.3 Å². The third-order valence-electron chi connectivity index (χ3n) is 6.12. The summed E-state index contributed by atoms with van der Waals surface area (Å²) in [6.45, 7) is 2.20. The smallest absolute Gasteiger partial charge is 0.220 e. The number of hydrogen-bond donors (Lipinski definition) is 2. The van der Waals surface area contributed by atoms with Crippen molar-refractivity contribution in [3.63, 3.8) is 0 Å². The molecule has 3 nitrogen and oxygen atoms in total. The lowest BCUT2D eigenvalue weighted by atomic mass is 9.84. The van der Waals surface area contributed by atoms with Crippen molar-refractivity contribution in [2.24, 2.45) is 17.8 Å². The number of hydrogen-bond acceptors (Lipinski definition) is 1. The number of fused-ring (bicyclic) bond motifs is 3. The molecule has 1 amide bonds. The number of aromatic amines is 1. The van der Waals surface area contributed by atoms with Crippen LogP contribution in [0.15, 0.2) is 30.5 Å². The molecule has 2 N–H and O–H groups in total. The van der Waals surface area contributed by atoms with Gasteiger partial charge in [0.15, 0.2) is 0 Å². The molecule has 0 aliphatic heterocycles. The Morgan fingerprint density at radius 2 is 2.17 bits per heavy atom. The second-order valence-corrected chi connectivity index (χ2v) is 7.55. The summed E-state index contributed by atoms with van der Waals surface area (Å²) in [6, 6.07) is 8.62. The van der Waals surface area contributed by atoms with E-state index in [2.05, 4.69) is 35.4 Å². The number of carbonyl (C=O) groups is 1. The van der Waals surface area contributed by atoms with Gasteiger partial charge >= 0.3 is 0 Å². The summed E-state index contributed by atoms with van der Waals surface area (Å²) in [7, 11) is 0. The summed E-state index contributed by atoms with van der Waals surface area (Å²) in [5.41, 5.74) is 2.39. The van der Waals surface area contributed by atoms with Crippen molar-refractivity contribution in [2.75, 3.05) is 0 Å². The Morgan fingerprint density at radius 3 is 2.96 bits per heavy atom. The molecule has 2 fully saturated rings. The standard InChI is InChI=1S/C20H26N2O/c1-13(18-11-14-6-7-15(18)10-14)22-20(23)9-8-16-12-21-19-5-3-2-4-17(16)19/h2-5,12-15,18,21H,6-11H2,1H3,(H,22,23)/t13-,14+,15+,18-/m1/s1. The lowest BCUT2D eigenvalue weighted by molar-refractivity contribution is -0.122. The average Bonchev–Trinajstić information content (AvgIpc) is 3.28. The fourth-order valence-corrected chi connectivity index (χ4v) is 4.93. The van der Waals surface area contributed by atoms with Gasteiger partial charge in [-0.3, -0.25) is 4.79 Å². The first-order valence-electron chi connectivity index (χ1n) is 9.05. The molecule has 0 saturated heterocycles. The SMILES string of the molecule is C[C@@H](NC(=O)CCc1c[nH]c2ccccc12)[C@H]1C[C@H]2CC[C@H]1C2. The van der Waals surface area contributed by atoms with Crippen LogP contribution in [0.3, 0.4) is 0 Å². The molecule has 2 aromatic rings. The van der Waals surface area contributed by atoms with E-state index in [1.165, 1.54) is 36.6 Å². The Balaban J connectivity index is 1.32. The monoisotopic (exact) mass is 310 g/mol. The van der Waals surface area contributed by atoms with Gasteiger partial charge in [-0.05, 0) is 62.0 Å². The Kier molecular flexibility index (Phi) is 3.88. The van der Waals surface area contributed by atoms with Gasteiger partial charge in [-0.15, -0.1) is 0 Å². The van der Waals surface area contributed by atoms with Gasteiger partial charge in [0, 0.05) is 29.6 Å². The second kappa shape index (κ2) is 6.03. The number of nitrogens with one attached hydrogen (secondary N) is 2. The van der Waals surface area contributed by atoms with E-state index in [-0.39, 0.29) is 5.91 Å². The molecule has 1 aromatic carbocycles. The molecule has 0 spiro atoms. The molecule has 4 rings (SSSR count). The molecule has 2 saturated carbocycles. The highest BCUT2D eigenvalue weighted by atomic mass is 16.1. The van der Waals surface area contributed by atoms with Crippen molar-refractivity contribution in [3.05, 3.63) is 36.0 Å². The number of aryl methyl sites for hydroxylation is 1. The zero-order chi connectivity index (χ0) is 15.8. The molecule has 1 aromatic heterocycles. The van der Waals surface area contributed by atoms with Crippen LogP contribution < -0.4 is 5.32 Å². The number of carbonyl (C=O) groups excluding carboxylic acids is 1. The van der Waals surface area contributed by atoms with Crippen LogP contribution >= 0.6 is 0 Å². The van der Waals surface area contributed by atoms with Crippen molar-refractivity contribution < 1.29 is 4.79 Å². The Labute approximate surface area is 137 Å². The normalized spacial score (nSPS) is 27.4. The zero-order valence-corrected chi connectivity index (χ0v) is 13.8. The molecule has 0 radical (unpaired) electrons. The molecular weight excluding hydrogens is 284 g/mol. The van der Waals surface area contributed by atoms with E-state index in [0.29, 0.717) is 18.4 Å². The van der Waals surface area contributed by atoms with Crippen molar-refractivity contribution in [1.29, 1.82) is 0 Å². The minimum absolute atomic E-state index is 0.200. The largest absolute Gasteiger partial charge is 0.361 e. The molecule has 0 unspecified atom stereocenters. The van der Waals surface area contributed by atoms with Gasteiger partial charge in [0.2, 0.25) is 5.91 Å². The molecular formula is C20H26N2O. The van der Waals surface area contributed by atoms with Crippen LogP contribution in [0, 0.1) is 17.8 Å². The van der Waals surface area contributed by atoms with Crippen LogP contribution in [0.4, 0.5) is 0 Å². The van der Waals surface area contributed by atoms with E-state index in [1.807, 2.05) is 12.3 Å². The predicted octanol–water partition coefficient (Wildman–Crippen LogP) is 4.04. The van der Waals surface area contributed by atoms with E-state index in [0.717, 1.165) is 23.8 Å². The fourth-order valence-electron chi connectivity index (χ4n) is 4.93. The lowest BCUT2D eigenvalue weighted by Crippen LogP contribution is -2.40. The van der Waals surface area contributed by atoms with Gasteiger partial charge in [0.1, 0.15) is 0 Å². The summed E-state index contributed by atoms with van der Waals surface area (Å²) in [5, 5.41) is 4.51. The third-order valence-corrected chi connectivity index (χ3v) is 6.12. The summed E-state index contributed by atoms with van der Waals surface area (Å²) in [4.78, 5) is 15.6. The minimum atomic E-state index is 0.200. The topological polar surface area (TPSA) is 44.9 Å². The van der Waals surface area contributed by atoms with E-state index < -0.39 is 0 Å². The van der Waals surface area contributed by atoms with Gasteiger partial charge in [-0.1, -0.05) is 24.6 Å². The molecule has 4 atom stereocenters. The fraction of sp³-hybridized carbons (Fsp3) is 0.550. The number of amides is 1. The van der Waals surface area contributed by atoms with Crippen molar-refractivity contribution >= 4 is 16.8 Å². The van der Waals surface area contributed by atoms with E-state index >= 15 is 0 Å². The quantitative estimate of drug-likeness (QED) is 0.860. The van der Waals surface area contributed by atoms with Crippen LogP contribution in [0.2, 0.25) is 0 Å². The molecule has 2 aliphatic carbocycles. The highest BCUT2D eigenvalue weighted by molar-refractivity contribution is 5.84.